The highest BCUT2D eigenvalue weighted by Crippen LogP contribution is 2.40. The average molecular weight is 665 g/mol. The van der Waals surface area contributed by atoms with Gasteiger partial charge in [-0.3, -0.25) is 4.57 Å². The van der Waals surface area contributed by atoms with Gasteiger partial charge >= 0.3 is 0 Å². The summed E-state index contributed by atoms with van der Waals surface area (Å²) in [5.74, 6) is 1.75. The number of furan rings is 1. The van der Waals surface area contributed by atoms with Crippen LogP contribution in [0.2, 0.25) is 0 Å². The molecule has 0 bridgehead atoms. The Morgan fingerprint density at radius 2 is 0.827 bits per heavy atom. The molecular weight excluding hydrogens is 637 g/mol. The van der Waals surface area contributed by atoms with E-state index in [4.69, 9.17) is 19.4 Å². The van der Waals surface area contributed by atoms with Crippen molar-refractivity contribution < 1.29 is 4.42 Å². The van der Waals surface area contributed by atoms with Crippen molar-refractivity contribution in [2.75, 3.05) is 0 Å². The van der Waals surface area contributed by atoms with E-state index in [0.29, 0.717) is 17.6 Å². The highest BCUT2D eigenvalue weighted by atomic mass is 16.3. The van der Waals surface area contributed by atoms with Crippen LogP contribution in [0.5, 0.6) is 0 Å². The lowest BCUT2D eigenvalue weighted by Gasteiger charge is -2.14. The quantitative estimate of drug-likeness (QED) is 0.188. The van der Waals surface area contributed by atoms with Gasteiger partial charge in [-0.2, -0.15) is 9.97 Å². The summed E-state index contributed by atoms with van der Waals surface area (Å²) in [7, 11) is 0. The Labute approximate surface area is 298 Å². The fourth-order valence-corrected chi connectivity index (χ4v) is 8.00. The number of benzene rings is 8. The highest BCUT2D eigenvalue weighted by molar-refractivity contribution is 6.13. The third-order valence-electron chi connectivity index (χ3n) is 10.3. The van der Waals surface area contributed by atoms with Crippen LogP contribution in [0.15, 0.2) is 174 Å². The van der Waals surface area contributed by atoms with Gasteiger partial charge in [0.2, 0.25) is 5.95 Å². The molecule has 0 aliphatic carbocycles. The van der Waals surface area contributed by atoms with E-state index in [-0.39, 0.29) is 0 Å². The number of para-hydroxylation sites is 3. The third kappa shape index (κ3) is 4.26. The summed E-state index contributed by atoms with van der Waals surface area (Å²) in [4.78, 5) is 15.9. The Balaban J connectivity index is 1.22. The number of hydrogen-bond donors (Lipinski definition) is 0. The minimum Gasteiger partial charge on any atom is -0.456 e. The van der Waals surface area contributed by atoms with Crippen molar-refractivity contribution in [3.8, 4) is 39.9 Å². The summed E-state index contributed by atoms with van der Waals surface area (Å²) in [5.41, 5.74) is 7.90. The van der Waals surface area contributed by atoms with Crippen LogP contribution in [0.3, 0.4) is 0 Å². The summed E-state index contributed by atoms with van der Waals surface area (Å²) < 4.78 is 8.48. The van der Waals surface area contributed by atoms with Crippen LogP contribution >= 0.6 is 0 Å². The zero-order valence-corrected chi connectivity index (χ0v) is 27.9. The number of aromatic nitrogens is 4. The van der Waals surface area contributed by atoms with Gasteiger partial charge in [-0.1, -0.05) is 146 Å². The molecule has 0 aliphatic rings. The van der Waals surface area contributed by atoms with Gasteiger partial charge in [0.1, 0.15) is 11.2 Å². The molecule has 0 saturated heterocycles. The molecule has 0 N–H and O–H groups in total. The van der Waals surface area contributed by atoms with Crippen LogP contribution in [0.4, 0.5) is 0 Å². The SMILES string of the molecule is c1ccc2c(-c3cccc4c(-c5nc(-c6cccc7oc8ccccc8c67)nc(-n6c7ccccc7c7ccccc76)n5)cccc34)cccc2c1. The maximum atomic E-state index is 6.31. The van der Waals surface area contributed by atoms with Crippen LogP contribution in [0.1, 0.15) is 0 Å². The van der Waals surface area contributed by atoms with Crippen molar-refractivity contribution in [2.24, 2.45) is 0 Å². The molecule has 11 rings (SSSR count). The van der Waals surface area contributed by atoms with Gasteiger partial charge in [0.15, 0.2) is 11.6 Å². The molecule has 0 fully saturated rings. The van der Waals surface area contributed by atoms with E-state index in [2.05, 4.69) is 144 Å². The molecule has 52 heavy (non-hydrogen) atoms. The predicted octanol–water partition coefficient (Wildman–Crippen LogP) is 12.2. The third-order valence-corrected chi connectivity index (χ3v) is 10.3. The average Bonchev–Trinajstić information content (AvgIpc) is 3.76. The Bertz CT molecular complexity index is 3150. The first-order valence-corrected chi connectivity index (χ1v) is 17.5. The molecule has 5 heteroatoms. The maximum absolute atomic E-state index is 6.31. The van der Waals surface area contributed by atoms with Crippen molar-refractivity contribution in [1.82, 2.24) is 19.5 Å². The van der Waals surface area contributed by atoms with Crippen molar-refractivity contribution in [2.45, 2.75) is 0 Å². The number of nitrogens with zero attached hydrogens (tertiary/aromatic N) is 4. The number of fused-ring (bicyclic) bond motifs is 8. The molecule has 0 atom stereocenters. The van der Waals surface area contributed by atoms with E-state index in [0.717, 1.165) is 65.6 Å². The monoisotopic (exact) mass is 664 g/mol. The molecule has 3 heterocycles. The fraction of sp³-hybridized carbons (Fsp3) is 0. The van der Waals surface area contributed by atoms with E-state index in [1.165, 1.54) is 21.9 Å². The Kier molecular flexibility index (Phi) is 6.18. The first-order valence-electron chi connectivity index (χ1n) is 17.5. The molecule has 0 saturated carbocycles. The summed E-state index contributed by atoms with van der Waals surface area (Å²) in [6, 6.07) is 59.2. The van der Waals surface area contributed by atoms with Gasteiger partial charge in [0.25, 0.3) is 0 Å². The number of hydrogen-bond acceptors (Lipinski definition) is 4. The molecule has 11 aromatic rings. The minimum atomic E-state index is 0.560. The van der Waals surface area contributed by atoms with E-state index in [1.807, 2.05) is 30.3 Å². The normalized spacial score (nSPS) is 11.8. The van der Waals surface area contributed by atoms with Crippen LogP contribution in [0.25, 0.3) is 105 Å². The van der Waals surface area contributed by atoms with Crippen molar-refractivity contribution in [3.63, 3.8) is 0 Å². The van der Waals surface area contributed by atoms with Crippen LogP contribution in [-0.2, 0) is 0 Å². The summed E-state index contributed by atoms with van der Waals surface area (Å²) in [5, 5.41) is 8.96. The lowest BCUT2D eigenvalue weighted by Crippen LogP contribution is -2.06. The molecule has 0 spiro atoms. The topological polar surface area (TPSA) is 56.7 Å². The Morgan fingerprint density at radius 1 is 0.346 bits per heavy atom. The number of rotatable bonds is 4. The second-order valence-corrected chi connectivity index (χ2v) is 13.2. The van der Waals surface area contributed by atoms with Gasteiger partial charge in [-0.05, 0) is 56.9 Å². The van der Waals surface area contributed by atoms with E-state index >= 15 is 0 Å². The first-order chi connectivity index (χ1) is 25.8. The molecule has 3 aromatic heterocycles. The maximum Gasteiger partial charge on any atom is 0.238 e. The van der Waals surface area contributed by atoms with Gasteiger partial charge in [0.05, 0.1) is 11.0 Å². The highest BCUT2D eigenvalue weighted by Gasteiger charge is 2.21. The Morgan fingerprint density at radius 3 is 1.60 bits per heavy atom. The van der Waals surface area contributed by atoms with Crippen LogP contribution in [-0.4, -0.2) is 19.5 Å². The molecule has 0 unspecified atom stereocenters. The summed E-state index contributed by atoms with van der Waals surface area (Å²) >= 11 is 0. The van der Waals surface area contributed by atoms with E-state index in [1.54, 1.807) is 0 Å². The largest absolute Gasteiger partial charge is 0.456 e. The minimum absolute atomic E-state index is 0.560. The van der Waals surface area contributed by atoms with Gasteiger partial charge in [-0.25, -0.2) is 4.98 Å². The molecule has 8 aromatic carbocycles. The molecule has 0 radical (unpaired) electrons. The van der Waals surface area contributed by atoms with E-state index in [9.17, 15) is 0 Å². The van der Waals surface area contributed by atoms with Crippen molar-refractivity contribution in [1.29, 1.82) is 0 Å². The molecule has 0 amide bonds. The molecular formula is C47H28N4O. The standard InChI is InChI=1S/C47H28N4O/c1-2-15-30-29(13-1)14-9-19-31(30)32-20-10-22-34-33(32)21-11-23-37(34)45-48-46(39-24-12-28-43-44(39)38-18-5-8-27-42(38)52-43)50-47(49-45)51-40-25-6-3-16-35(40)36-17-4-7-26-41(36)51/h1-28H. The van der Waals surface area contributed by atoms with E-state index < -0.39 is 0 Å². The fourth-order valence-electron chi connectivity index (χ4n) is 8.00. The molecule has 5 nitrogen and oxygen atoms in total. The van der Waals surface area contributed by atoms with Gasteiger partial charge in [0, 0.05) is 32.7 Å². The van der Waals surface area contributed by atoms with Crippen LogP contribution in [0, 0.1) is 0 Å². The second kappa shape index (κ2) is 11.2. The lowest BCUT2D eigenvalue weighted by atomic mass is 9.92. The molecule has 0 aliphatic heterocycles. The van der Waals surface area contributed by atoms with Crippen molar-refractivity contribution in [3.05, 3.63) is 170 Å². The van der Waals surface area contributed by atoms with Gasteiger partial charge in [-0.15, -0.1) is 0 Å². The lowest BCUT2D eigenvalue weighted by molar-refractivity contribution is 0.669. The predicted molar refractivity (Wildman–Crippen MR) is 213 cm³/mol. The second-order valence-electron chi connectivity index (χ2n) is 13.2. The summed E-state index contributed by atoms with van der Waals surface area (Å²) in [6.45, 7) is 0. The smallest absolute Gasteiger partial charge is 0.238 e. The first kappa shape index (κ1) is 28.7. The van der Waals surface area contributed by atoms with Crippen LogP contribution < -0.4 is 0 Å². The van der Waals surface area contributed by atoms with Crippen molar-refractivity contribution >= 4 is 65.3 Å². The Hall–Kier alpha value is -7.11. The zero-order valence-electron chi connectivity index (χ0n) is 27.9. The zero-order chi connectivity index (χ0) is 34.2. The molecule has 242 valence electrons. The van der Waals surface area contributed by atoms with Gasteiger partial charge < -0.3 is 4.42 Å². The summed E-state index contributed by atoms with van der Waals surface area (Å²) in [6.07, 6.45) is 0.